The molecule has 3 aromatic carbocycles. The van der Waals surface area contributed by atoms with Crippen molar-refractivity contribution in [3.05, 3.63) is 83.7 Å². The van der Waals surface area contributed by atoms with Crippen molar-refractivity contribution in [2.75, 3.05) is 6.54 Å². The Labute approximate surface area is 163 Å². The van der Waals surface area contributed by atoms with Gasteiger partial charge in [-0.1, -0.05) is 42.5 Å². The van der Waals surface area contributed by atoms with Gasteiger partial charge in [-0.05, 0) is 41.3 Å². The summed E-state index contributed by atoms with van der Waals surface area (Å²) in [6.45, 7) is 2.20. The molecule has 0 spiro atoms. The third-order valence-corrected chi connectivity index (χ3v) is 4.32. The van der Waals surface area contributed by atoms with Gasteiger partial charge in [0.1, 0.15) is 23.9 Å². The summed E-state index contributed by atoms with van der Waals surface area (Å²) in [5.74, 6) is 0.0531. The van der Waals surface area contributed by atoms with E-state index in [-0.39, 0.29) is 17.5 Å². The average Bonchev–Trinajstić information content (AvgIpc) is 2.68. The van der Waals surface area contributed by atoms with Crippen LogP contribution in [0.5, 0.6) is 11.5 Å². The van der Waals surface area contributed by atoms with E-state index in [0.717, 1.165) is 11.1 Å². The van der Waals surface area contributed by atoms with Crippen LogP contribution in [0.2, 0.25) is 0 Å². The maximum Gasteiger partial charge on any atom is 0.216 e. The van der Waals surface area contributed by atoms with Crippen molar-refractivity contribution in [2.45, 2.75) is 20.0 Å². The Morgan fingerprint density at radius 2 is 1.86 bits per heavy atom. The van der Waals surface area contributed by atoms with Gasteiger partial charge in [0.2, 0.25) is 5.91 Å². The summed E-state index contributed by atoms with van der Waals surface area (Å²) in [4.78, 5) is 11.3. The number of benzene rings is 3. The molecule has 1 amide bonds. The number of ether oxygens (including phenoxy) is 1. The van der Waals surface area contributed by atoms with E-state index in [4.69, 9.17) is 4.74 Å². The molecule has 0 aliphatic carbocycles. The zero-order valence-corrected chi connectivity index (χ0v) is 15.6. The van der Waals surface area contributed by atoms with E-state index in [2.05, 4.69) is 5.32 Å². The molecular formula is C23H22FNO3. The molecule has 0 unspecified atom stereocenters. The zero-order chi connectivity index (χ0) is 19.9. The van der Waals surface area contributed by atoms with Crippen molar-refractivity contribution in [3.8, 4) is 22.6 Å². The second-order valence-corrected chi connectivity index (χ2v) is 6.49. The number of aromatic hydroxyl groups is 1. The fourth-order valence-electron chi connectivity index (χ4n) is 3.03. The normalized spacial score (nSPS) is 10.5. The van der Waals surface area contributed by atoms with Gasteiger partial charge in [0.15, 0.2) is 0 Å². The van der Waals surface area contributed by atoms with Crippen molar-refractivity contribution >= 4 is 5.91 Å². The minimum Gasteiger partial charge on any atom is -0.508 e. The number of phenolic OH excluding ortho intramolecular Hbond substituents is 1. The molecule has 0 aliphatic rings. The molecule has 0 radical (unpaired) electrons. The summed E-state index contributed by atoms with van der Waals surface area (Å²) in [5, 5.41) is 13.0. The van der Waals surface area contributed by atoms with Crippen LogP contribution in [-0.4, -0.2) is 17.6 Å². The predicted octanol–water partition coefficient (Wildman–Crippen LogP) is 4.46. The number of carbonyl (C=O) groups excluding carboxylic acids is 1. The van der Waals surface area contributed by atoms with Crippen LogP contribution in [0.4, 0.5) is 4.39 Å². The van der Waals surface area contributed by atoms with Gasteiger partial charge in [0.25, 0.3) is 0 Å². The molecule has 0 atom stereocenters. The Morgan fingerprint density at radius 3 is 2.57 bits per heavy atom. The van der Waals surface area contributed by atoms with Gasteiger partial charge in [0.05, 0.1) is 0 Å². The molecule has 0 saturated carbocycles. The van der Waals surface area contributed by atoms with Crippen molar-refractivity contribution < 1.29 is 19.0 Å². The molecule has 3 aromatic rings. The first-order valence-electron chi connectivity index (χ1n) is 9.06. The first kappa shape index (κ1) is 19.4. The Bertz CT molecular complexity index is 957. The van der Waals surface area contributed by atoms with Crippen LogP contribution >= 0.6 is 0 Å². The zero-order valence-electron chi connectivity index (χ0n) is 15.6. The highest BCUT2D eigenvalue weighted by Crippen LogP contribution is 2.36. The van der Waals surface area contributed by atoms with Crippen molar-refractivity contribution in [2.24, 2.45) is 0 Å². The quantitative estimate of drug-likeness (QED) is 0.637. The van der Waals surface area contributed by atoms with Gasteiger partial charge in [-0.25, -0.2) is 4.39 Å². The van der Waals surface area contributed by atoms with Crippen LogP contribution in [-0.2, 0) is 17.8 Å². The third kappa shape index (κ3) is 5.10. The molecule has 0 aliphatic heterocycles. The molecule has 4 nitrogen and oxygen atoms in total. The van der Waals surface area contributed by atoms with E-state index in [0.29, 0.717) is 36.4 Å². The van der Waals surface area contributed by atoms with Gasteiger partial charge in [0, 0.05) is 25.1 Å². The van der Waals surface area contributed by atoms with E-state index >= 15 is 0 Å². The van der Waals surface area contributed by atoms with E-state index in [1.54, 1.807) is 24.3 Å². The Morgan fingerprint density at radius 1 is 1.07 bits per heavy atom. The summed E-state index contributed by atoms with van der Waals surface area (Å²) in [5.41, 5.74) is 3.10. The molecule has 2 N–H and O–H groups in total. The highest BCUT2D eigenvalue weighted by atomic mass is 19.1. The first-order valence-corrected chi connectivity index (χ1v) is 9.06. The molecular weight excluding hydrogens is 357 g/mol. The van der Waals surface area contributed by atoms with Crippen molar-refractivity contribution in [1.29, 1.82) is 0 Å². The van der Waals surface area contributed by atoms with Gasteiger partial charge >= 0.3 is 0 Å². The van der Waals surface area contributed by atoms with Crippen LogP contribution < -0.4 is 10.1 Å². The Hall–Kier alpha value is -3.34. The minimum atomic E-state index is -0.361. The molecule has 5 heteroatoms. The summed E-state index contributed by atoms with van der Waals surface area (Å²) in [6, 6.07) is 19.0. The molecule has 0 fully saturated rings. The molecule has 28 heavy (non-hydrogen) atoms. The van der Waals surface area contributed by atoms with Crippen molar-refractivity contribution in [1.82, 2.24) is 5.32 Å². The largest absolute Gasteiger partial charge is 0.508 e. The van der Waals surface area contributed by atoms with E-state index in [1.165, 1.54) is 19.1 Å². The van der Waals surface area contributed by atoms with Crippen LogP contribution in [0, 0.1) is 5.82 Å². The molecule has 0 aromatic heterocycles. The number of nitrogens with one attached hydrogen (secondary N) is 1. The van der Waals surface area contributed by atoms with E-state index in [1.807, 2.05) is 30.3 Å². The number of hydrogen-bond donors (Lipinski definition) is 2. The molecule has 0 heterocycles. The van der Waals surface area contributed by atoms with Gasteiger partial charge < -0.3 is 15.2 Å². The predicted molar refractivity (Wildman–Crippen MR) is 107 cm³/mol. The summed E-state index contributed by atoms with van der Waals surface area (Å²) >= 11 is 0. The number of rotatable bonds is 7. The third-order valence-electron chi connectivity index (χ3n) is 4.32. The Kier molecular flexibility index (Phi) is 6.27. The van der Waals surface area contributed by atoms with Crippen LogP contribution in [0.15, 0.2) is 66.7 Å². The van der Waals surface area contributed by atoms with Gasteiger partial charge in [-0.3, -0.25) is 4.79 Å². The average molecular weight is 379 g/mol. The van der Waals surface area contributed by atoms with E-state index < -0.39 is 0 Å². The smallest absolute Gasteiger partial charge is 0.216 e. The highest BCUT2D eigenvalue weighted by Gasteiger charge is 2.15. The highest BCUT2D eigenvalue weighted by molar-refractivity contribution is 5.74. The summed E-state index contributed by atoms with van der Waals surface area (Å²) < 4.78 is 19.7. The summed E-state index contributed by atoms with van der Waals surface area (Å²) in [6.07, 6.45) is 0.482. The molecule has 144 valence electrons. The van der Waals surface area contributed by atoms with Crippen LogP contribution in [0.25, 0.3) is 11.1 Å². The number of phenols is 1. The van der Waals surface area contributed by atoms with E-state index in [9.17, 15) is 14.3 Å². The van der Waals surface area contributed by atoms with Gasteiger partial charge in [-0.15, -0.1) is 0 Å². The molecule has 0 bridgehead atoms. The maximum absolute atomic E-state index is 13.8. The lowest BCUT2D eigenvalue weighted by Gasteiger charge is -2.17. The number of amides is 1. The second kappa shape index (κ2) is 9.04. The lowest BCUT2D eigenvalue weighted by Crippen LogP contribution is -2.22. The van der Waals surface area contributed by atoms with Crippen molar-refractivity contribution in [3.63, 3.8) is 0 Å². The number of hydrogen-bond acceptors (Lipinski definition) is 3. The lowest BCUT2D eigenvalue weighted by molar-refractivity contribution is -0.118. The van der Waals surface area contributed by atoms with Gasteiger partial charge in [-0.2, -0.15) is 0 Å². The standard InChI is InChI=1S/C23H22FNO3/c1-16(26)25-11-10-21-22(18-8-5-9-19(24)12-18)13-20(27)14-23(21)28-15-17-6-3-2-4-7-17/h2-9,12-14,27H,10-11,15H2,1H3,(H,25,26). The topological polar surface area (TPSA) is 58.6 Å². The Balaban J connectivity index is 1.97. The minimum absolute atomic E-state index is 0.0330. The molecule has 0 saturated heterocycles. The first-order chi connectivity index (χ1) is 13.5. The maximum atomic E-state index is 13.8. The van der Waals surface area contributed by atoms with Crippen LogP contribution in [0.3, 0.4) is 0 Å². The second-order valence-electron chi connectivity index (χ2n) is 6.49. The number of halogens is 1. The lowest BCUT2D eigenvalue weighted by atomic mass is 9.96. The summed E-state index contributed by atoms with van der Waals surface area (Å²) in [7, 11) is 0. The SMILES string of the molecule is CC(=O)NCCc1c(OCc2ccccc2)cc(O)cc1-c1cccc(F)c1. The fourth-order valence-corrected chi connectivity index (χ4v) is 3.03. The fraction of sp³-hybridized carbons (Fsp3) is 0.174. The van der Waals surface area contributed by atoms with Crippen LogP contribution in [0.1, 0.15) is 18.1 Å². The molecule has 3 rings (SSSR count). The monoisotopic (exact) mass is 379 g/mol. The number of carbonyl (C=O) groups is 1.